The number of hydrogen-bond donors (Lipinski definition) is 2. The van der Waals surface area contributed by atoms with E-state index in [4.69, 9.17) is 11.6 Å². The number of hydrazone groups is 1. The number of anilines is 1. The highest BCUT2D eigenvalue weighted by Crippen LogP contribution is 2.22. The molecule has 0 aliphatic heterocycles. The predicted molar refractivity (Wildman–Crippen MR) is 128 cm³/mol. The van der Waals surface area contributed by atoms with E-state index >= 15 is 0 Å². The Labute approximate surface area is 188 Å². The van der Waals surface area contributed by atoms with E-state index in [-0.39, 0.29) is 17.7 Å². The number of nitrogens with one attached hydrogen (secondary N) is 2. The molecule has 4 rings (SSSR count). The molecule has 0 amide bonds. The lowest BCUT2D eigenvalue weighted by Gasteiger charge is -2.10. The summed E-state index contributed by atoms with van der Waals surface area (Å²) in [5.74, 6) is 0.319. The van der Waals surface area contributed by atoms with Crippen molar-refractivity contribution < 1.29 is 0 Å². The zero-order chi connectivity index (χ0) is 22.7. The van der Waals surface area contributed by atoms with Gasteiger partial charge in [0.15, 0.2) is 11.2 Å². The lowest BCUT2D eigenvalue weighted by molar-refractivity contribution is 0.808. The second kappa shape index (κ2) is 9.07. The van der Waals surface area contributed by atoms with Gasteiger partial charge in [-0.1, -0.05) is 66.2 Å². The van der Waals surface area contributed by atoms with Crippen LogP contribution in [0.3, 0.4) is 0 Å². The molecule has 0 aliphatic carbocycles. The summed E-state index contributed by atoms with van der Waals surface area (Å²) >= 11 is 6.34. The van der Waals surface area contributed by atoms with Crippen molar-refractivity contribution in [3.8, 4) is 0 Å². The van der Waals surface area contributed by atoms with Gasteiger partial charge in [-0.2, -0.15) is 10.1 Å². The number of allylic oxidation sites excluding steroid dienone is 1. The van der Waals surface area contributed by atoms with Gasteiger partial charge in [-0.3, -0.25) is 18.9 Å². The van der Waals surface area contributed by atoms with E-state index < -0.39 is 11.2 Å². The van der Waals surface area contributed by atoms with E-state index in [0.29, 0.717) is 16.7 Å². The summed E-state index contributed by atoms with van der Waals surface area (Å²) in [6.07, 6.45) is 3.81. The van der Waals surface area contributed by atoms with Crippen molar-refractivity contribution in [2.75, 3.05) is 5.43 Å². The highest BCUT2D eigenvalue weighted by atomic mass is 35.5. The maximum atomic E-state index is 12.6. The van der Waals surface area contributed by atoms with Crippen LogP contribution in [-0.4, -0.2) is 24.8 Å². The summed E-state index contributed by atoms with van der Waals surface area (Å²) in [5.41, 5.74) is 4.92. The van der Waals surface area contributed by atoms with Crippen LogP contribution in [0.1, 0.15) is 18.1 Å². The molecule has 2 heterocycles. The summed E-state index contributed by atoms with van der Waals surface area (Å²) in [6.45, 7) is 2.12. The van der Waals surface area contributed by atoms with E-state index in [0.717, 1.165) is 11.1 Å². The van der Waals surface area contributed by atoms with Crippen molar-refractivity contribution >= 4 is 40.5 Å². The lowest BCUT2D eigenvalue weighted by Crippen LogP contribution is -2.29. The molecule has 0 fully saturated rings. The van der Waals surface area contributed by atoms with Gasteiger partial charge in [0.2, 0.25) is 5.95 Å². The third-order valence-electron chi connectivity index (χ3n) is 4.94. The quantitative estimate of drug-likeness (QED) is 0.347. The average molecular weight is 449 g/mol. The third-order valence-corrected chi connectivity index (χ3v) is 5.31. The van der Waals surface area contributed by atoms with Crippen LogP contribution < -0.4 is 16.7 Å². The number of nitrogens with zero attached hydrogens (tertiary/aromatic N) is 4. The van der Waals surface area contributed by atoms with Crippen molar-refractivity contribution in [1.29, 1.82) is 0 Å². The lowest BCUT2D eigenvalue weighted by atomic mass is 10.2. The molecule has 0 bridgehead atoms. The average Bonchev–Trinajstić information content (AvgIpc) is 3.16. The van der Waals surface area contributed by atoms with E-state index in [1.165, 1.54) is 4.57 Å². The number of rotatable bonds is 6. The minimum Gasteiger partial charge on any atom is -0.298 e. The molecule has 2 aromatic carbocycles. The molecule has 0 saturated carbocycles. The number of H-pyrrole nitrogens is 1. The standard InChI is InChI=1S/C23H21ClN6O2/c1-15(12-13-16-8-4-3-5-9-16)27-28-22-25-20-19(21(31)26-23(32)29(20)2)30(22)14-17-10-6-7-11-18(17)24/h3-13H,14H2,1-2H3,(H,25,28)(H,26,31,32)/b13-12+,27-15+. The van der Waals surface area contributed by atoms with Crippen molar-refractivity contribution in [3.05, 3.63) is 97.7 Å². The van der Waals surface area contributed by atoms with Gasteiger partial charge in [0.1, 0.15) is 0 Å². The first-order valence-electron chi connectivity index (χ1n) is 9.90. The topological polar surface area (TPSA) is 97.1 Å². The van der Waals surface area contributed by atoms with Gasteiger partial charge in [-0.25, -0.2) is 10.2 Å². The molecule has 2 N–H and O–H groups in total. The van der Waals surface area contributed by atoms with Crippen molar-refractivity contribution in [2.24, 2.45) is 12.1 Å². The molecule has 2 aromatic heterocycles. The van der Waals surface area contributed by atoms with Gasteiger partial charge in [0, 0.05) is 12.1 Å². The largest absolute Gasteiger partial charge is 0.329 e. The Morgan fingerprint density at radius 2 is 1.88 bits per heavy atom. The monoisotopic (exact) mass is 448 g/mol. The number of hydrogen-bond acceptors (Lipinski definition) is 5. The third kappa shape index (κ3) is 4.40. The minimum atomic E-state index is -0.540. The summed E-state index contributed by atoms with van der Waals surface area (Å²) in [7, 11) is 1.55. The number of benzene rings is 2. The Balaban J connectivity index is 1.74. The van der Waals surface area contributed by atoms with Crippen LogP contribution in [0.4, 0.5) is 5.95 Å². The molecule has 0 saturated heterocycles. The smallest absolute Gasteiger partial charge is 0.298 e. The van der Waals surface area contributed by atoms with Crippen LogP contribution in [0, 0.1) is 0 Å². The SMILES string of the molecule is CC(/C=C/c1ccccc1)=N\Nc1nc2c(c(=O)[nH]c(=O)n2C)n1Cc1ccccc1Cl. The van der Waals surface area contributed by atoms with Crippen LogP contribution in [0.5, 0.6) is 0 Å². The number of halogens is 1. The van der Waals surface area contributed by atoms with Gasteiger partial charge in [-0.05, 0) is 30.2 Å². The summed E-state index contributed by atoms with van der Waals surface area (Å²) in [6, 6.07) is 17.2. The van der Waals surface area contributed by atoms with Crippen LogP contribution in [0.25, 0.3) is 17.2 Å². The molecule has 0 radical (unpaired) electrons. The first-order valence-corrected chi connectivity index (χ1v) is 10.3. The maximum Gasteiger partial charge on any atom is 0.329 e. The fourth-order valence-corrected chi connectivity index (χ4v) is 3.42. The van der Waals surface area contributed by atoms with Gasteiger partial charge < -0.3 is 0 Å². The van der Waals surface area contributed by atoms with Crippen LogP contribution in [0.2, 0.25) is 5.02 Å². The zero-order valence-corrected chi connectivity index (χ0v) is 18.3. The highest BCUT2D eigenvalue weighted by Gasteiger charge is 2.18. The number of aryl methyl sites for hydroxylation is 1. The number of aromatic amines is 1. The van der Waals surface area contributed by atoms with E-state index in [1.807, 2.05) is 67.6 Å². The van der Waals surface area contributed by atoms with Crippen LogP contribution >= 0.6 is 11.6 Å². The van der Waals surface area contributed by atoms with Crippen molar-refractivity contribution in [3.63, 3.8) is 0 Å². The second-order valence-electron chi connectivity index (χ2n) is 7.21. The summed E-state index contributed by atoms with van der Waals surface area (Å²) in [5, 5.41) is 4.94. The van der Waals surface area contributed by atoms with Crippen LogP contribution in [0.15, 0.2) is 75.4 Å². The molecule has 0 unspecified atom stereocenters. The first kappa shape index (κ1) is 21.3. The molecule has 0 aliphatic rings. The van der Waals surface area contributed by atoms with E-state index in [1.54, 1.807) is 17.7 Å². The fraction of sp³-hybridized carbons (Fsp3) is 0.130. The molecule has 0 spiro atoms. The Kier molecular flexibility index (Phi) is 6.04. The highest BCUT2D eigenvalue weighted by molar-refractivity contribution is 6.31. The molecule has 9 heteroatoms. The molecule has 0 atom stereocenters. The molecule has 4 aromatic rings. The predicted octanol–water partition coefficient (Wildman–Crippen LogP) is 3.63. The Bertz CT molecular complexity index is 1450. The summed E-state index contributed by atoms with van der Waals surface area (Å²) < 4.78 is 2.95. The van der Waals surface area contributed by atoms with Gasteiger partial charge in [0.05, 0.1) is 12.3 Å². The van der Waals surface area contributed by atoms with Gasteiger partial charge in [-0.15, -0.1) is 0 Å². The van der Waals surface area contributed by atoms with Gasteiger partial charge in [0.25, 0.3) is 5.56 Å². The molecular formula is C23H21ClN6O2. The molecule has 8 nitrogen and oxygen atoms in total. The Morgan fingerprint density at radius 1 is 1.16 bits per heavy atom. The van der Waals surface area contributed by atoms with E-state index in [2.05, 4.69) is 20.5 Å². The van der Waals surface area contributed by atoms with Crippen molar-refractivity contribution in [2.45, 2.75) is 13.5 Å². The number of fused-ring (bicyclic) bond motifs is 1. The maximum absolute atomic E-state index is 12.6. The zero-order valence-electron chi connectivity index (χ0n) is 17.5. The molecular weight excluding hydrogens is 428 g/mol. The Hall–Kier alpha value is -3.91. The summed E-state index contributed by atoms with van der Waals surface area (Å²) in [4.78, 5) is 31.5. The van der Waals surface area contributed by atoms with E-state index in [9.17, 15) is 9.59 Å². The number of aromatic nitrogens is 4. The molecule has 162 valence electrons. The first-order chi connectivity index (χ1) is 15.4. The second-order valence-corrected chi connectivity index (χ2v) is 7.62. The fourth-order valence-electron chi connectivity index (χ4n) is 3.23. The van der Waals surface area contributed by atoms with Crippen molar-refractivity contribution in [1.82, 2.24) is 19.1 Å². The Morgan fingerprint density at radius 3 is 2.62 bits per heavy atom. The minimum absolute atomic E-state index is 0.251. The number of imidazole rings is 1. The normalized spacial score (nSPS) is 12.0. The van der Waals surface area contributed by atoms with Crippen LogP contribution in [-0.2, 0) is 13.6 Å². The van der Waals surface area contributed by atoms with Gasteiger partial charge >= 0.3 is 5.69 Å². The molecule has 32 heavy (non-hydrogen) atoms.